The van der Waals surface area contributed by atoms with Crippen molar-refractivity contribution < 1.29 is 4.79 Å². The van der Waals surface area contributed by atoms with Crippen molar-refractivity contribution in [2.75, 3.05) is 31.1 Å². The number of amides is 1. The van der Waals surface area contributed by atoms with E-state index in [2.05, 4.69) is 27.0 Å². The van der Waals surface area contributed by atoms with Crippen LogP contribution in [-0.2, 0) is 11.3 Å². The van der Waals surface area contributed by atoms with E-state index in [1.54, 1.807) is 18.6 Å². The Morgan fingerprint density at radius 1 is 1.19 bits per heavy atom. The van der Waals surface area contributed by atoms with Crippen LogP contribution in [-0.4, -0.2) is 47.0 Å². The largest absolute Gasteiger partial charge is 0.355 e. The van der Waals surface area contributed by atoms with Gasteiger partial charge in [0.05, 0.1) is 6.20 Å². The van der Waals surface area contributed by atoms with Crippen molar-refractivity contribution >= 4 is 11.7 Å². The van der Waals surface area contributed by atoms with Gasteiger partial charge in [0.2, 0.25) is 5.91 Å². The lowest BCUT2D eigenvalue weighted by atomic mass is 9.95. The van der Waals surface area contributed by atoms with Gasteiger partial charge in [-0.1, -0.05) is 30.3 Å². The Morgan fingerprint density at radius 2 is 1.96 bits per heavy atom. The first kappa shape index (κ1) is 18.3. The predicted molar refractivity (Wildman–Crippen MR) is 102 cm³/mol. The third kappa shape index (κ3) is 4.79. The van der Waals surface area contributed by atoms with E-state index in [-0.39, 0.29) is 11.8 Å². The molecule has 3 rings (SSSR count). The third-order valence-corrected chi connectivity index (χ3v) is 4.88. The number of hydrogen-bond acceptors (Lipinski definition) is 5. The second kappa shape index (κ2) is 9.29. The molecule has 6 heteroatoms. The second-order valence-corrected chi connectivity index (χ2v) is 6.71. The van der Waals surface area contributed by atoms with Gasteiger partial charge in [-0.25, -0.2) is 4.98 Å². The van der Waals surface area contributed by atoms with Crippen molar-refractivity contribution in [3.8, 4) is 0 Å². The zero-order valence-electron chi connectivity index (χ0n) is 15.1. The van der Waals surface area contributed by atoms with Crippen LogP contribution in [0.3, 0.4) is 0 Å². The Kier molecular flexibility index (Phi) is 6.55. The van der Waals surface area contributed by atoms with E-state index >= 15 is 0 Å². The van der Waals surface area contributed by atoms with Gasteiger partial charge in [0, 0.05) is 44.5 Å². The summed E-state index contributed by atoms with van der Waals surface area (Å²) in [4.78, 5) is 25.8. The zero-order chi connectivity index (χ0) is 18.2. The van der Waals surface area contributed by atoms with Crippen LogP contribution < -0.4 is 10.6 Å². The summed E-state index contributed by atoms with van der Waals surface area (Å²) in [7, 11) is 0. The summed E-state index contributed by atoms with van der Waals surface area (Å²) in [5, 5.41) is 0. The number of aromatic nitrogens is 2. The van der Waals surface area contributed by atoms with Crippen molar-refractivity contribution in [3.05, 3.63) is 54.5 Å². The fraction of sp³-hybridized carbons (Fsp3) is 0.450. The van der Waals surface area contributed by atoms with Gasteiger partial charge in [-0.2, -0.15) is 0 Å². The van der Waals surface area contributed by atoms with Gasteiger partial charge < -0.3 is 15.5 Å². The molecule has 0 bridgehead atoms. The van der Waals surface area contributed by atoms with Gasteiger partial charge in [-0.3, -0.25) is 9.78 Å². The summed E-state index contributed by atoms with van der Waals surface area (Å²) in [5.74, 6) is 1.22. The number of anilines is 1. The van der Waals surface area contributed by atoms with Gasteiger partial charge in [0.1, 0.15) is 5.82 Å². The molecule has 2 N–H and O–H groups in total. The lowest BCUT2D eigenvalue weighted by Crippen LogP contribution is -2.43. The van der Waals surface area contributed by atoms with Crippen LogP contribution in [0, 0.1) is 5.92 Å². The van der Waals surface area contributed by atoms with Gasteiger partial charge >= 0.3 is 0 Å². The molecule has 1 aliphatic rings. The van der Waals surface area contributed by atoms with Gasteiger partial charge in [-0.15, -0.1) is 0 Å². The molecule has 26 heavy (non-hydrogen) atoms. The van der Waals surface area contributed by atoms with Crippen LogP contribution in [0.2, 0.25) is 0 Å². The number of rotatable bonds is 7. The third-order valence-electron chi connectivity index (χ3n) is 4.88. The molecule has 1 aromatic carbocycles. The summed E-state index contributed by atoms with van der Waals surface area (Å²) in [6.07, 6.45) is 7.70. The Labute approximate surface area is 155 Å². The summed E-state index contributed by atoms with van der Waals surface area (Å²) in [6.45, 7) is 3.65. The summed E-state index contributed by atoms with van der Waals surface area (Å²) < 4.78 is 0. The van der Waals surface area contributed by atoms with Crippen LogP contribution in [0.5, 0.6) is 0 Å². The molecule has 6 nitrogen and oxygen atoms in total. The fourth-order valence-electron chi connectivity index (χ4n) is 3.42. The highest BCUT2D eigenvalue weighted by atomic mass is 16.2. The van der Waals surface area contributed by atoms with Crippen molar-refractivity contribution in [1.82, 2.24) is 14.9 Å². The first-order chi connectivity index (χ1) is 12.8. The number of nitrogens with zero attached hydrogens (tertiary/aromatic N) is 4. The second-order valence-electron chi connectivity index (χ2n) is 6.71. The maximum Gasteiger partial charge on any atom is 0.226 e. The van der Waals surface area contributed by atoms with Crippen molar-refractivity contribution in [2.45, 2.75) is 25.8 Å². The summed E-state index contributed by atoms with van der Waals surface area (Å²) in [5.41, 5.74) is 6.84. The molecule has 1 aliphatic heterocycles. The fourth-order valence-corrected chi connectivity index (χ4v) is 3.42. The molecule has 0 atom stereocenters. The first-order valence-corrected chi connectivity index (χ1v) is 9.31. The lowest BCUT2D eigenvalue weighted by molar-refractivity contribution is -0.136. The van der Waals surface area contributed by atoms with E-state index in [0.29, 0.717) is 19.6 Å². The van der Waals surface area contributed by atoms with Crippen LogP contribution in [0.25, 0.3) is 0 Å². The predicted octanol–water partition coefficient (Wildman–Crippen LogP) is 2.07. The molecule has 1 fully saturated rings. The van der Waals surface area contributed by atoms with Gasteiger partial charge in [0.25, 0.3) is 0 Å². The molecule has 0 aliphatic carbocycles. The number of benzene rings is 1. The van der Waals surface area contributed by atoms with E-state index in [0.717, 1.165) is 43.7 Å². The van der Waals surface area contributed by atoms with Gasteiger partial charge in [-0.05, 0) is 31.4 Å². The molecule has 0 saturated carbocycles. The molecule has 2 heterocycles. The Hall–Kier alpha value is -2.47. The number of piperidine rings is 1. The van der Waals surface area contributed by atoms with Crippen molar-refractivity contribution in [2.24, 2.45) is 11.7 Å². The minimum atomic E-state index is 0.0735. The molecular weight excluding hydrogens is 326 g/mol. The maximum atomic E-state index is 13.1. The standard InChI is InChI=1S/C20H27N5O/c21-9-4-12-25(16-17-5-2-1-3-6-17)20(26)18-7-13-24(14-8-18)19-15-22-10-11-23-19/h1-3,5-6,10-11,15,18H,4,7-9,12-14,16,21H2. The average molecular weight is 353 g/mol. The highest BCUT2D eigenvalue weighted by Gasteiger charge is 2.29. The van der Waals surface area contributed by atoms with E-state index < -0.39 is 0 Å². The number of carbonyl (C=O) groups is 1. The summed E-state index contributed by atoms with van der Waals surface area (Å²) in [6, 6.07) is 10.2. The van der Waals surface area contributed by atoms with E-state index in [1.165, 1.54) is 0 Å². The highest BCUT2D eigenvalue weighted by Crippen LogP contribution is 2.23. The van der Waals surface area contributed by atoms with Crippen molar-refractivity contribution in [3.63, 3.8) is 0 Å². The highest BCUT2D eigenvalue weighted by molar-refractivity contribution is 5.79. The number of carbonyl (C=O) groups excluding carboxylic acids is 1. The molecule has 1 saturated heterocycles. The smallest absolute Gasteiger partial charge is 0.226 e. The number of hydrogen-bond donors (Lipinski definition) is 1. The molecular formula is C20H27N5O. The van der Waals surface area contributed by atoms with Crippen LogP contribution in [0.1, 0.15) is 24.8 Å². The quantitative estimate of drug-likeness (QED) is 0.825. The van der Waals surface area contributed by atoms with E-state index in [1.807, 2.05) is 23.1 Å². The molecule has 0 radical (unpaired) electrons. The summed E-state index contributed by atoms with van der Waals surface area (Å²) >= 11 is 0. The van der Waals surface area contributed by atoms with E-state index in [4.69, 9.17) is 5.73 Å². The molecule has 138 valence electrons. The molecule has 2 aromatic rings. The topological polar surface area (TPSA) is 75.3 Å². The minimum absolute atomic E-state index is 0.0735. The molecule has 0 spiro atoms. The zero-order valence-corrected chi connectivity index (χ0v) is 15.1. The lowest BCUT2D eigenvalue weighted by Gasteiger charge is -2.34. The normalized spacial score (nSPS) is 15.0. The van der Waals surface area contributed by atoms with Crippen molar-refractivity contribution in [1.29, 1.82) is 0 Å². The Balaban J connectivity index is 1.60. The van der Waals surface area contributed by atoms with Crippen LogP contribution in [0.15, 0.2) is 48.9 Å². The maximum absolute atomic E-state index is 13.1. The Bertz CT molecular complexity index is 671. The minimum Gasteiger partial charge on any atom is -0.355 e. The SMILES string of the molecule is NCCCN(Cc1ccccc1)C(=O)C1CCN(c2cnccn2)CC1. The van der Waals surface area contributed by atoms with Crippen LogP contribution in [0.4, 0.5) is 5.82 Å². The first-order valence-electron chi connectivity index (χ1n) is 9.31. The molecule has 1 amide bonds. The van der Waals surface area contributed by atoms with E-state index in [9.17, 15) is 4.79 Å². The monoisotopic (exact) mass is 353 g/mol. The average Bonchev–Trinajstić information content (AvgIpc) is 2.72. The number of nitrogens with two attached hydrogens (primary N) is 1. The molecule has 1 aromatic heterocycles. The van der Waals surface area contributed by atoms with Crippen LogP contribution >= 0.6 is 0 Å². The Morgan fingerprint density at radius 3 is 2.62 bits per heavy atom. The molecule has 0 unspecified atom stereocenters. The van der Waals surface area contributed by atoms with Gasteiger partial charge in [0.15, 0.2) is 0 Å².